The fraction of sp³-hybridized carbons (Fsp3) is 0.222. The van der Waals surface area contributed by atoms with Gasteiger partial charge in [0.25, 0.3) is 10.0 Å². The molecule has 120 valence electrons. The Hall–Kier alpha value is -2.11. The fourth-order valence-electron chi connectivity index (χ4n) is 2.99. The molecule has 0 spiro atoms. The average molecular weight is 328 g/mol. The molecular formula is C18H20N2O2S. The summed E-state index contributed by atoms with van der Waals surface area (Å²) in [6.45, 7) is 4.50. The Labute approximate surface area is 137 Å². The highest BCUT2D eigenvalue weighted by atomic mass is 32.2. The first-order chi connectivity index (χ1) is 10.9. The lowest BCUT2D eigenvalue weighted by molar-refractivity contribution is 0.601. The van der Waals surface area contributed by atoms with Crippen molar-refractivity contribution in [3.05, 3.63) is 64.7 Å². The summed E-state index contributed by atoms with van der Waals surface area (Å²) >= 11 is 0. The molecule has 2 aromatic carbocycles. The van der Waals surface area contributed by atoms with Crippen LogP contribution < -0.4 is 10.5 Å². The number of hydrogen-bond donors (Lipinski definition) is 2. The van der Waals surface area contributed by atoms with Crippen LogP contribution in [0.3, 0.4) is 0 Å². The van der Waals surface area contributed by atoms with Gasteiger partial charge in [-0.25, -0.2) is 8.42 Å². The minimum atomic E-state index is -3.60. The Kier molecular flexibility index (Phi) is 4.00. The van der Waals surface area contributed by atoms with Crippen molar-refractivity contribution in [2.45, 2.75) is 31.7 Å². The van der Waals surface area contributed by atoms with Crippen LogP contribution in [0.25, 0.3) is 5.57 Å². The van der Waals surface area contributed by atoms with E-state index >= 15 is 0 Å². The van der Waals surface area contributed by atoms with Gasteiger partial charge in [0, 0.05) is 6.54 Å². The van der Waals surface area contributed by atoms with E-state index in [1.54, 1.807) is 24.3 Å². The van der Waals surface area contributed by atoms with Crippen LogP contribution in [-0.2, 0) is 23.0 Å². The van der Waals surface area contributed by atoms with Crippen LogP contribution in [0.2, 0.25) is 0 Å². The van der Waals surface area contributed by atoms with E-state index in [0.717, 1.165) is 23.1 Å². The summed E-state index contributed by atoms with van der Waals surface area (Å²) in [5.74, 6) is 0. The van der Waals surface area contributed by atoms with Gasteiger partial charge in [0.2, 0.25) is 0 Å². The Morgan fingerprint density at radius 1 is 1.09 bits per heavy atom. The minimum absolute atomic E-state index is 0.242. The highest BCUT2D eigenvalue weighted by Gasteiger charge is 2.21. The van der Waals surface area contributed by atoms with Crippen LogP contribution in [0.4, 0.5) is 5.69 Å². The summed E-state index contributed by atoms with van der Waals surface area (Å²) in [6, 6.07) is 10.4. The molecule has 1 aliphatic rings. The van der Waals surface area contributed by atoms with Crippen molar-refractivity contribution >= 4 is 21.3 Å². The summed E-state index contributed by atoms with van der Waals surface area (Å²) in [6.07, 6.45) is 2.89. The number of hydrogen-bond acceptors (Lipinski definition) is 3. The average Bonchev–Trinajstić information content (AvgIpc) is 2.93. The first-order valence-corrected chi connectivity index (χ1v) is 9.02. The third-order valence-electron chi connectivity index (χ3n) is 4.24. The third kappa shape index (κ3) is 2.90. The zero-order valence-electron chi connectivity index (χ0n) is 13.3. The van der Waals surface area contributed by atoms with Gasteiger partial charge in [-0.1, -0.05) is 24.3 Å². The number of rotatable bonds is 4. The summed E-state index contributed by atoms with van der Waals surface area (Å²) < 4.78 is 27.9. The lowest BCUT2D eigenvalue weighted by Gasteiger charge is -2.15. The van der Waals surface area contributed by atoms with Gasteiger partial charge in [-0.2, -0.15) is 0 Å². The smallest absolute Gasteiger partial charge is 0.261 e. The Balaban J connectivity index is 1.96. The molecule has 0 unspecified atom stereocenters. The molecule has 0 radical (unpaired) electrons. The van der Waals surface area contributed by atoms with Crippen molar-refractivity contribution < 1.29 is 8.42 Å². The highest BCUT2D eigenvalue weighted by Crippen LogP contribution is 2.35. The van der Waals surface area contributed by atoms with E-state index in [2.05, 4.69) is 17.7 Å². The molecule has 5 heteroatoms. The summed E-state index contributed by atoms with van der Waals surface area (Å²) in [5, 5.41) is 0. The first-order valence-electron chi connectivity index (χ1n) is 7.54. The van der Waals surface area contributed by atoms with Crippen molar-refractivity contribution in [2.75, 3.05) is 4.72 Å². The number of aryl methyl sites for hydroxylation is 1. The second-order valence-electron chi connectivity index (χ2n) is 5.83. The van der Waals surface area contributed by atoms with Gasteiger partial charge in [-0.05, 0) is 66.3 Å². The molecule has 0 aliphatic heterocycles. The molecule has 23 heavy (non-hydrogen) atoms. The number of allylic oxidation sites excluding steroid dienone is 2. The number of anilines is 1. The standard InChI is InChI=1S/C18H20N2O2S/c1-12-3-9-16-17(10-4-13(2)18(12)16)20-23(21,22)15-7-5-14(11-19)6-8-15/h3-8,10,20H,9,11,19H2,1-2H3. The van der Waals surface area contributed by atoms with Crippen molar-refractivity contribution in [1.29, 1.82) is 0 Å². The Bertz CT molecular complexity index is 882. The van der Waals surface area contributed by atoms with Crippen LogP contribution in [0, 0.1) is 6.92 Å². The van der Waals surface area contributed by atoms with E-state index in [9.17, 15) is 8.42 Å². The number of nitrogens with one attached hydrogen (secondary N) is 1. The van der Waals surface area contributed by atoms with Crippen molar-refractivity contribution in [3.8, 4) is 0 Å². The Morgan fingerprint density at radius 3 is 2.43 bits per heavy atom. The predicted molar refractivity (Wildman–Crippen MR) is 93.7 cm³/mol. The molecule has 0 saturated carbocycles. The fourth-order valence-corrected chi connectivity index (χ4v) is 4.08. The van der Waals surface area contributed by atoms with E-state index < -0.39 is 10.0 Å². The maximum absolute atomic E-state index is 12.6. The quantitative estimate of drug-likeness (QED) is 0.905. The lowest BCUT2D eigenvalue weighted by atomic mass is 9.99. The zero-order valence-corrected chi connectivity index (χ0v) is 14.1. The van der Waals surface area contributed by atoms with Gasteiger partial charge < -0.3 is 5.73 Å². The molecular weight excluding hydrogens is 308 g/mol. The third-order valence-corrected chi connectivity index (χ3v) is 5.62. The van der Waals surface area contributed by atoms with Gasteiger partial charge in [-0.3, -0.25) is 4.72 Å². The van der Waals surface area contributed by atoms with Crippen LogP contribution in [0.15, 0.2) is 47.4 Å². The van der Waals surface area contributed by atoms with E-state index in [4.69, 9.17) is 5.73 Å². The molecule has 0 saturated heterocycles. The molecule has 4 nitrogen and oxygen atoms in total. The van der Waals surface area contributed by atoms with Gasteiger partial charge in [-0.15, -0.1) is 0 Å². The van der Waals surface area contributed by atoms with Crippen molar-refractivity contribution in [2.24, 2.45) is 5.73 Å². The highest BCUT2D eigenvalue weighted by molar-refractivity contribution is 7.92. The largest absolute Gasteiger partial charge is 0.326 e. The summed E-state index contributed by atoms with van der Waals surface area (Å²) in [7, 11) is -3.60. The second-order valence-corrected chi connectivity index (χ2v) is 7.51. The van der Waals surface area contributed by atoms with Crippen LogP contribution in [0.1, 0.15) is 29.2 Å². The van der Waals surface area contributed by atoms with Crippen molar-refractivity contribution in [3.63, 3.8) is 0 Å². The normalized spacial score (nSPS) is 13.6. The van der Waals surface area contributed by atoms with Crippen LogP contribution in [-0.4, -0.2) is 8.42 Å². The number of fused-ring (bicyclic) bond motifs is 1. The van der Waals surface area contributed by atoms with Gasteiger partial charge in [0.15, 0.2) is 0 Å². The maximum Gasteiger partial charge on any atom is 0.261 e. The van der Waals surface area contributed by atoms with E-state index in [1.807, 2.05) is 19.1 Å². The van der Waals surface area contributed by atoms with Gasteiger partial charge >= 0.3 is 0 Å². The van der Waals surface area contributed by atoms with Crippen molar-refractivity contribution in [1.82, 2.24) is 0 Å². The molecule has 0 bridgehead atoms. The lowest BCUT2D eigenvalue weighted by Crippen LogP contribution is -2.14. The maximum atomic E-state index is 12.6. The van der Waals surface area contributed by atoms with E-state index in [0.29, 0.717) is 12.2 Å². The minimum Gasteiger partial charge on any atom is -0.326 e. The van der Waals surface area contributed by atoms with Crippen LogP contribution >= 0.6 is 0 Å². The predicted octanol–water partition coefficient (Wildman–Crippen LogP) is 3.21. The molecule has 0 amide bonds. The van der Waals surface area contributed by atoms with Gasteiger partial charge in [0.1, 0.15) is 0 Å². The monoisotopic (exact) mass is 328 g/mol. The molecule has 0 fully saturated rings. The first kappa shape index (κ1) is 15.8. The van der Waals surface area contributed by atoms with E-state index in [1.165, 1.54) is 11.1 Å². The molecule has 0 heterocycles. The SMILES string of the molecule is CC1=CCc2c(NS(=O)(=O)c3ccc(CN)cc3)ccc(C)c21. The molecule has 0 atom stereocenters. The molecule has 2 aromatic rings. The molecule has 0 aromatic heterocycles. The summed E-state index contributed by atoms with van der Waals surface area (Å²) in [4.78, 5) is 0.242. The number of sulfonamides is 1. The van der Waals surface area contributed by atoms with Gasteiger partial charge in [0.05, 0.1) is 10.6 Å². The summed E-state index contributed by atoms with van der Waals surface area (Å²) in [5.41, 5.74) is 11.7. The van der Waals surface area contributed by atoms with Crippen LogP contribution in [0.5, 0.6) is 0 Å². The van der Waals surface area contributed by atoms with E-state index in [-0.39, 0.29) is 4.90 Å². The molecule has 3 rings (SSSR count). The second kappa shape index (κ2) is 5.83. The molecule has 3 N–H and O–H groups in total. The topological polar surface area (TPSA) is 72.2 Å². The molecule has 1 aliphatic carbocycles. The number of nitrogens with two attached hydrogens (primary N) is 1. The number of benzene rings is 2. The zero-order chi connectivity index (χ0) is 16.6. The Morgan fingerprint density at radius 2 is 1.78 bits per heavy atom.